The lowest BCUT2D eigenvalue weighted by Gasteiger charge is -2.12. The standard InChI is InChI=1S/C23H22N6/c1-16-5-8-20(17(2)12-16)21-15-29-11-10-26-23(29)22(28-21)25-9-3-4-19-7-6-18(13-24)14-27-19/h5-8,10-12,14-15H,3-4,9H2,1-2H3,(H,25,28). The summed E-state index contributed by atoms with van der Waals surface area (Å²) >= 11 is 0. The number of nitrogens with zero attached hydrogens (tertiary/aromatic N) is 5. The van der Waals surface area contributed by atoms with E-state index in [0.29, 0.717) is 5.56 Å². The van der Waals surface area contributed by atoms with Crippen molar-refractivity contribution in [1.82, 2.24) is 19.4 Å². The van der Waals surface area contributed by atoms with Gasteiger partial charge >= 0.3 is 0 Å². The van der Waals surface area contributed by atoms with Gasteiger partial charge in [0.05, 0.1) is 11.3 Å². The number of anilines is 1. The summed E-state index contributed by atoms with van der Waals surface area (Å²) in [6.45, 7) is 4.96. The minimum absolute atomic E-state index is 0.584. The van der Waals surface area contributed by atoms with Gasteiger partial charge in [0.1, 0.15) is 6.07 Å². The number of nitrogens with one attached hydrogen (secondary N) is 1. The highest BCUT2D eigenvalue weighted by Gasteiger charge is 2.10. The molecule has 1 N–H and O–H groups in total. The second-order valence-corrected chi connectivity index (χ2v) is 7.13. The third-order valence-electron chi connectivity index (χ3n) is 4.89. The molecule has 0 aliphatic carbocycles. The van der Waals surface area contributed by atoms with Crippen LogP contribution in [-0.4, -0.2) is 25.9 Å². The van der Waals surface area contributed by atoms with Crippen LogP contribution in [0.3, 0.4) is 0 Å². The van der Waals surface area contributed by atoms with Crippen LogP contribution >= 0.6 is 0 Å². The van der Waals surface area contributed by atoms with Crippen LogP contribution < -0.4 is 5.32 Å². The second-order valence-electron chi connectivity index (χ2n) is 7.13. The molecule has 3 heterocycles. The fraction of sp³-hybridized carbons (Fsp3) is 0.217. The molecule has 0 saturated heterocycles. The van der Waals surface area contributed by atoms with E-state index in [2.05, 4.69) is 53.4 Å². The number of pyridine rings is 1. The molecule has 4 aromatic rings. The average molecular weight is 382 g/mol. The van der Waals surface area contributed by atoms with E-state index in [9.17, 15) is 0 Å². The van der Waals surface area contributed by atoms with Crippen LogP contribution in [0.25, 0.3) is 16.9 Å². The fourth-order valence-corrected chi connectivity index (χ4v) is 3.40. The first-order valence-corrected chi connectivity index (χ1v) is 9.64. The third kappa shape index (κ3) is 4.09. The number of aryl methyl sites for hydroxylation is 3. The van der Waals surface area contributed by atoms with Crippen molar-refractivity contribution in [3.8, 4) is 17.3 Å². The molecule has 0 spiro atoms. The van der Waals surface area contributed by atoms with Gasteiger partial charge in [-0.3, -0.25) is 4.98 Å². The monoisotopic (exact) mass is 382 g/mol. The first-order chi connectivity index (χ1) is 14.1. The second kappa shape index (κ2) is 8.11. The zero-order valence-electron chi connectivity index (χ0n) is 16.6. The Labute approximate surface area is 169 Å². The lowest BCUT2D eigenvalue weighted by Crippen LogP contribution is -2.08. The molecule has 6 heteroatoms. The smallest absolute Gasteiger partial charge is 0.180 e. The fourth-order valence-electron chi connectivity index (χ4n) is 3.40. The number of fused-ring (bicyclic) bond motifs is 1. The summed E-state index contributed by atoms with van der Waals surface area (Å²) in [4.78, 5) is 13.6. The molecule has 0 amide bonds. The van der Waals surface area contributed by atoms with Gasteiger partial charge in [0, 0.05) is 42.6 Å². The van der Waals surface area contributed by atoms with Crippen LogP contribution in [0, 0.1) is 25.2 Å². The Morgan fingerprint density at radius 1 is 1.14 bits per heavy atom. The molecule has 144 valence electrons. The lowest BCUT2D eigenvalue weighted by molar-refractivity contribution is 0.832. The Morgan fingerprint density at radius 3 is 2.79 bits per heavy atom. The van der Waals surface area contributed by atoms with Crippen LogP contribution in [0.15, 0.2) is 55.1 Å². The summed E-state index contributed by atoms with van der Waals surface area (Å²) in [5, 5.41) is 12.3. The summed E-state index contributed by atoms with van der Waals surface area (Å²) in [5.74, 6) is 0.778. The summed E-state index contributed by atoms with van der Waals surface area (Å²) in [7, 11) is 0. The molecule has 29 heavy (non-hydrogen) atoms. The first kappa shape index (κ1) is 18.6. The highest BCUT2D eigenvalue weighted by atomic mass is 15.1. The lowest BCUT2D eigenvalue weighted by atomic mass is 10.0. The normalized spacial score (nSPS) is 10.8. The maximum absolute atomic E-state index is 8.86. The van der Waals surface area contributed by atoms with Gasteiger partial charge in [-0.2, -0.15) is 5.26 Å². The first-order valence-electron chi connectivity index (χ1n) is 9.64. The number of benzene rings is 1. The maximum Gasteiger partial charge on any atom is 0.180 e. The Bertz CT molecular complexity index is 1180. The van der Waals surface area contributed by atoms with Gasteiger partial charge in [0.25, 0.3) is 0 Å². The Morgan fingerprint density at radius 2 is 2.03 bits per heavy atom. The number of nitriles is 1. The topological polar surface area (TPSA) is 78.9 Å². The van der Waals surface area contributed by atoms with Crippen molar-refractivity contribution >= 4 is 11.5 Å². The molecule has 6 nitrogen and oxygen atoms in total. The van der Waals surface area contributed by atoms with Gasteiger partial charge in [0.2, 0.25) is 0 Å². The molecular weight excluding hydrogens is 360 g/mol. The predicted octanol–water partition coefficient (Wildman–Crippen LogP) is 4.32. The maximum atomic E-state index is 8.86. The van der Waals surface area contributed by atoms with Gasteiger partial charge in [-0.05, 0) is 44.4 Å². The molecule has 4 rings (SSSR count). The minimum atomic E-state index is 0.584. The van der Waals surface area contributed by atoms with E-state index in [4.69, 9.17) is 10.2 Å². The van der Waals surface area contributed by atoms with Crippen molar-refractivity contribution in [3.63, 3.8) is 0 Å². The molecule has 0 saturated carbocycles. The van der Waals surface area contributed by atoms with Crippen molar-refractivity contribution in [3.05, 3.63) is 77.5 Å². The molecule has 0 fully saturated rings. The number of hydrogen-bond donors (Lipinski definition) is 1. The highest BCUT2D eigenvalue weighted by Crippen LogP contribution is 2.25. The van der Waals surface area contributed by atoms with E-state index in [1.807, 2.05) is 22.9 Å². The highest BCUT2D eigenvalue weighted by molar-refractivity contribution is 5.71. The summed E-state index contributed by atoms with van der Waals surface area (Å²) in [6, 6.07) is 12.2. The molecule has 0 atom stereocenters. The third-order valence-corrected chi connectivity index (χ3v) is 4.89. The van der Waals surface area contributed by atoms with Gasteiger partial charge in [0.15, 0.2) is 11.5 Å². The van der Waals surface area contributed by atoms with E-state index < -0.39 is 0 Å². The van der Waals surface area contributed by atoms with Crippen molar-refractivity contribution < 1.29 is 0 Å². The van der Waals surface area contributed by atoms with Gasteiger partial charge in [-0.15, -0.1) is 0 Å². The van der Waals surface area contributed by atoms with Gasteiger partial charge < -0.3 is 9.72 Å². The molecule has 0 unspecified atom stereocenters. The molecule has 0 aliphatic rings. The van der Waals surface area contributed by atoms with E-state index in [1.54, 1.807) is 18.5 Å². The molecule has 0 aliphatic heterocycles. The van der Waals surface area contributed by atoms with Crippen molar-refractivity contribution in [2.45, 2.75) is 26.7 Å². The Hall–Kier alpha value is -3.72. The molecular formula is C23H22N6. The minimum Gasteiger partial charge on any atom is -0.367 e. The van der Waals surface area contributed by atoms with Crippen LogP contribution in [0.2, 0.25) is 0 Å². The molecule has 1 aromatic carbocycles. The molecule has 0 bridgehead atoms. The van der Waals surface area contributed by atoms with Crippen LogP contribution in [0.4, 0.5) is 5.82 Å². The van der Waals surface area contributed by atoms with Crippen LogP contribution in [-0.2, 0) is 6.42 Å². The number of hydrogen-bond acceptors (Lipinski definition) is 5. The number of imidazole rings is 1. The summed E-state index contributed by atoms with van der Waals surface area (Å²) in [5.41, 5.74) is 6.87. The summed E-state index contributed by atoms with van der Waals surface area (Å²) < 4.78 is 2.01. The van der Waals surface area contributed by atoms with Gasteiger partial charge in [-0.1, -0.05) is 23.8 Å². The molecule has 0 radical (unpaired) electrons. The van der Waals surface area contributed by atoms with Crippen molar-refractivity contribution in [2.75, 3.05) is 11.9 Å². The molecule has 3 aromatic heterocycles. The van der Waals surface area contributed by atoms with E-state index in [1.165, 1.54) is 11.1 Å². The SMILES string of the molecule is Cc1ccc(-c2cn3ccnc3c(NCCCc3ccc(C#N)cn3)n2)c(C)c1. The van der Waals surface area contributed by atoms with Crippen molar-refractivity contribution in [2.24, 2.45) is 0 Å². The van der Waals surface area contributed by atoms with E-state index >= 15 is 0 Å². The zero-order chi connectivity index (χ0) is 20.2. The van der Waals surface area contributed by atoms with Gasteiger partial charge in [-0.25, -0.2) is 9.97 Å². The Kier molecular flexibility index (Phi) is 5.21. The zero-order valence-corrected chi connectivity index (χ0v) is 16.6. The quantitative estimate of drug-likeness (QED) is 0.502. The van der Waals surface area contributed by atoms with Crippen LogP contribution in [0.1, 0.15) is 28.8 Å². The average Bonchev–Trinajstić information content (AvgIpc) is 3.20. The number of rotatable bonds is 6. The van der Waals surface area contributed by atoms with Crippen molar-refractivity contribution in [1.29, 1.82) is 5.26 Å². The largest absolute Gasteiger partial charge is 0.367 e. The van der Waals surface area contributed by atoms with E-state index in [0.717, 1.165) is 47.8 Å². The Balaban J connectivity index is 1.50. The predicted molar refractivity (Wildman–Crippen MR) is 114 cm³/mol. The number of aromatic nitrogens is 4. The van der Waals surface area contributed by atoms with Crippen LogP contribution in [0.5, 0.6) is 0 Å². The summed E-state index contributed by atoms with van der Waals surface area (Å²) in [6.07, 6.45) is 9.10. The van der Waals surface area contributed by atoms with E-state index in [-0.39, 0.29) is 0 Å².